The van der Waals surface area contributed by atoms with Crippen LogP contribution in [0.4, 0.5) is 0 Å². The summed E-state index contributed by atoms with van der Waals surface area (Å²) in [5.74, 6) is 0. The van der Waals surface area contributed by atoms with Gasteiger partial charge in [0.05, 0.1) is 0 Å². The molecule has 0 unspecified atom stereocenters. The molecule has 0 aromatic heterocycles. The van der Waals surface area contributed by atoms with E-state index < -0.39 is 0 Å². The lowest BCUT2D eigenvalue weighted by Crippen LogP contribution is -2.13. The molecule has 0 saturated heterocycles. The van der Waals surface area contributed by atoms with Gasteiger partial charge in [-0.3, -0.25) is 0 Å². The molecular weight excluding hydrogens is 111 g/mol. The monoisotopic (exact) mass is 128 g/mol. The Morgan fingerprint density at radius 3 is 1.78 bits per heavy atom. The SMILES string of the molecule is CCCB(CCC)OC. The van der Waals surface area contributed by atoms with Gasteiger partial charge < -0.3 is 4.65 Å². The third-order valence-corrected chi connectivity index (χ3v) is 1.55. The highest BCUT2D eigenvalue weighted by atomic mass is 16.4. The van der Waals surface area contributed by atoms with Gasteiger partial charge in [0.25, 0.3) is 6.92 Å². The molecule has 0 bridgehead atoms. The smallest absolute Gasteiger partial charge is 0.292 e. The first-order valence-corrected chi connectivity index (χ1v) is 3.87. The molecule has 0 aromatic carbocycles. The van der Waals surface area contributed by atoms with Crippen molar-refractivity contribution in [2.24, 2.45) is 0 Å². The molecule has 0 radical (unpaired) electrons. The molecule has 9 heavy (non-hydrogen) atoms. The van der Waals surface area contributed by atoms with Crippen molar-refractivity contribution in [3.63, 3.8) is 0 Å². The van der Waals surface area contributed by atoms with Gasteiger partial charge in [0.15, 0.2) is 0 Å². The van der Waals surface area contributed by atoms with Crippen LogP contribution in [0.2, 0.25) is 12.6 Å². The van der Waals surface area contributed by atoms with E-state index in [2.05, 4.69) is 13.8 Å². The summed E-state index contributed by atoms with van der Waals surface area (Å²) >= 11 is 0. The van der Waals surface area contributed by atoms with E-state index in [1.807, 2.05) is 0 Å². The molecule has 0 aliphatic rings. The minimum absolute atomic E-state index is 0.514. The van der Waals surface area contributed by atoms with Crippen LogP contribution in [0.15, 0.2) is 0 Å². The van der Waals surface area contributed by atoms with E-state index in [0.29, 0.717) is 6.92 Å². The third-order valence-electron chi connectivity index (χ3n) is 1.55. The van der Waals surface area contributed by atoms with E-state index in [-0.39, 0.29) is 0 Å². The summed E-state index contributed by atoms with van der Waals surface area (Å²) in [6, 6.07) is 0. The van der Waals surface area contributed by atoms with Crippen LogP contribution in [0.5, 0.6) is 0 Å². The van der Waals surface area contributed by atoms with E-state index in [1.165, 1.54) is 25.5 Å². The second kappa shape index (κ2) is 6.15. The van der Waals surface area contributed by atoms with Crippen LogP contribution < -0.4 is 0 Å². The molecule has 0 aliphatic heterocycles. The fourth-order valence-electron chi connectivity index (χ4n) is 1.02. The van der Waals surface area contributed by atoms with Crippen LogP contribution in [0.25, 0.3) is 0 Å². The van der Waals surface area contributed by atoms with Gasteiger partial charge in [0.1, 0.15) is 0 Å². The Kier molecular flexibility index (Phi) is 6.17. The highest BCUT2D eigenvalue weighted by Crippen LogP contribution is 2.05. The minimum Gasteiger partial charge on any atom is -0.439 e. The van der Waals surface area contributed by atoms with Crippen LogP contribution in [-0.2, 0) is 4.65 Å². The zero-order valence-electron chi connectivity index (χ0n) is 6.81. The van der Waals surface area contributed by atoms with Gasteiger partial charge >= 0.3 is 0 Å². The van der Waals surface area contributed by atoms with Gasteiger partial charge in [-0.2, -0.15) is 0 Å². The second-order valence-corrected chi connectivity index (χ2v) is 2.44. The highest BCUT2D eigenvalue weighted by Gasteiger charge is 2.09. The molecule has 2 heteroatoms. The molecule has 54 valence electrons. The molecule has 0 N–H and O–H groups in total. The Hall–Kier alpha value is 0.0249. The van der Waals surface area contributed by atoms with Crippen LogP contribution in [-0.4, -0.2) is 14.0 Å². The zero-order valence-corrected chi connectivity index (χ0v) is 6.81. The fourth-order valence-corrected chi connectivity index (χ4v) is 1.02. The van der Waals surface area contributed by atoms with E-state index in [1.54, 1.807) is 7.11 Å². The van der Waals surface area contributed by atoms with E-state index >= 15 is 0 Å². The summed E-state index contributed by atoms with van der Waals surface area (Å²) in [6.07, 6.45) is 4.89. The van der Waals surface area contributed by atoms with E-state index in [9.17, 15) is 0 Å². The Balaban J connectivity index is 3.18. The fraction of sp³-hybridized carbons (Fsp3) is 1.00. The van der Waals surface area contributed by atoms with Crippen molar-refractivity contribution in [2.45, 2.75) is 39.3 Å². The predicted octanol–water partition coefficient (Wildman–Crippen LogP) is 2.44. The Bertz CT molecular complexity index is 50.9. The number of rotatable bonds is 5. The lowest BCUT2D eigenvalue weighted by atomic mass is 9.60. The summed E-state index contributed by atoms with van der Waals surface area (Å²) in [5.41, 5.74) is 0. The topological polar surface area (TPSA) is 9.23 Å². The molecule has 1 nitrogen and oxygen atoms in total. The van der Waals surface area contributed by atoms with Gasteiger partial charge in [-0.1, -0.05) is 26.7 Å². The number of hydrogen-bond donors (Lipinski definition) is 0. The average Bonchev–Trinajstić information content (AvgIpc) is 1.88. The molecule has 0 aromatic rings. The van der Waals surface area contributed by atoms with Crippen LogP contribution in [0.3, 0.4) is 0 Å². The van der Waals surface area contributed by atoms with Gasteiger partial charge in [0.2, 0.25) is 0 Å². The minimum atomic E-state index is 0.514. The van der Waals surface area contributed by atoms with E-state index in [4.69, 9.17) is 4.65 Å². The van der Waals surface area contributed by atoms with Crippen LogP contribution in [0.1, 0.15) is 26.7 Å². The largest absolute Gasteiger partial charge is 0.439 e. The van der Waals surface area contributed by atoms with Crippen molar-refractivity contribution >= 4 is 6.92 Å². The average molecular weight is 128 g/mol. The Labute approximate surface area is 58.9 Å². The van der Waals surface area contributed by atoms with Crippen molar-refractivity contribution in [1.29, 1.82) is 0 Å². The van der Waals surface area contributed by atoms with Gasteiger partial charge in [-0.15, -0.1) is 0 Å². The molecule has 0 saturated carbocycles. The van der Waals surface area contributed by atoms with Crippen molar-refractivity contribution in [2.75, 3.05) is 7.11 Å². The summed E-state index contributed by atoms with van der Waals surface area (Å²) in [5, 5.41) is 0. The Morgan fingerprint density at radius 2 is 1.56 bits per heavy atom. The van der Waals surface area contributed by atoms with Gasteiger partial charge in [-0.25, -0.2) is 0 Å². The lowest BCUT2D eigenvalue weighted by Gasteiger charge is -2.06. The van der Waals surface area contributed by atoms with Gasteiger partial charge in [-0.05, 0) is 12.6 Å². The molecule has 0 amide bonds. The summed E-state index contributed by atoms with van der Waals surface area (Å²) in [6.45, 7) is 4.91. The quantitative estimate of drug-likeness (QED) is 0.516. The van der Waals surface area contributed by atoms with Crippen molar-refractivity contribution in [3.05, 3.63) is 0 Å². The normalized spacial score (nSPS) is 9.67. The first kappa shape index (κ1) is 9.02. The first-order valence-electron chi connectivity index (χ1n) is 3.87. The summed E-state index contributed by atoms with van der Waals surface area (Å²) in [4.78, 5) is 0. The maximum Gasteiger partial charge on any atom is 0.292 e. The standard InChI is InChI=1S/C7H17BO/c1-4-6-8(9-3)7-5-2/h4-7H2,1-3H3. The predicted molar refractivity (Wildman–Crippen MR) is 43.0 cm³/mol. The van der Waals surface area contributed by atoms with Crippen molar-refractivity contribution in [1.82, 2.24) is 0 Å². The van der Waals surface area contributed by atoms with E-state index in [0.717, 1.165) is 0 Å². The zero-order chi connectivity index (χ0) is 7.11. The third kappa shape index (κ3) is 4.52. The number of hydrogen-bond acceptors (Lipinski definition) is 1. The second-order valence-electron chi connectivity index (χ2n) is 2.44. The van der Waals surface area contributed by atoms with Crippen molar-refractivity contribution < 1.29 is 4.65 Å². The highest BCUT2D eigenvalue weighted by molar-refractivity contribution is 6.51. The summed E-state index contributed by atoms with van der Waals surface area (Å²) < 4.78 is 5.23. The van der Waals surface area contributed by atoms with Gasteiger partial charge in [0, 0.05) is 7.11 Å². The summed E-state index contributed by atoms with van der Waals surface area (Å²) in [7, 11) is 1.80. The maximum absolute atomic E-state index is 5.23. The molecule has 0 atom stereocenters. The maximum atomic E-state index is 5.23. The molecule has 0 fully saturated rings. The molecule has 0 aliphatic carbocycles. The van der Waals surface area contributed by atoms with Crippen LogP contribution in [0, 0.1) is 0 Å². The molecule has 0 heterocycles. The molecule has 0 spiro atoms. The first-order chi connectivity index (χ1) is 4.35. The Morgan fingerprint density at radius 1 is 1.11 bits per heavy atom. The van der Waals surface area contributed by atoms with Crippen LogP contribution >= 0.6 is 0 Å². The lowest BCUT2D eigenvalue weighted by molar-refractivity contribution is 0.416. The molecule has 0 rings (SSSR count). The van der Waals surface area contributed by atoms with Crippen molar-refractivity contribution in [3.8, 4) is 0 Å². The molecular formula is C7H17BO.